The highest BCUT2D eigenvalue weighted by Gasteiger charge is 2.27. The van der Waals surface area contributed by atoms with Crippen molar-refractivity contribution in [2.75, 3.05) is 5.73 Å². The highest BCUT2D eigenvalue weighted by molar-refractivity contribution is 7.90. The summed E-state index contributed by atoms with van der Waals surface area (Å²) < 4.78 is 78.2. The van der Waals surface area contributed by atoms with Crippen molar-refractivity contribution in [3.63, 3.8) is 0 Å². The van der Waals surface area contributed by atoms with E-state index in [1.54, 1.807) is 0 Å². The zero-order valence-corrected chi connectivity index (χ0v) is 11.2. The fourth-order valence-corrected chi connectivity index (χ4v) is 3.32. The van der Waals surface area contributed by atoms with Gasteiger partial charge in [-0.05, 0) is 24.3 Å². The molecular formula is C13H9F4NO2S. The second kappa shape index (κ2) is 5.36. The number of anilines is 1. The first-order valence-electron chi connectivity index (χ1n) is 5.62. The van der Waals surface area contributed by atoms with Gasteiger partial charge in [-0.2, -0.15) is 0 Å². The molecule has 8 heteroatoms. The lowest BCUT2D eigenvalue weighted by Crippen LogP contribution is -2.12. The molecule has 0 bridgehead atoms. The molecule has 0 amide bonds. The molecule has 2 aromatic carbocycles. The van der Waals surface area contributed by atoms with Crippen molar-refractivity contribution in [1.29, 1.82) is 0 Å². The fraction of sp³-hybridized carbons (Fsp3) is 0.0769. The van der Waals surface area contributed by atoms with Crippen LogP contribution in [0, 0.1) is 23.3 Å². The van der Waals surface area contributed by atoms with Crippen LogP contribution in [0.15, 0.2) is 35.2 Å². The van der Waals surface area contributed by atoms with E-state index in [1.165, 1.54) is 0 Å². The summed E-state index contributed by atoms with van der Waals surface area (Å²) in [5.74, 6) is -6.26. The van der Waals surface area contributed by atoms with Crippen LogP contribution in [0.4, 0.5) is 23.2 Å². The average molecular weight is 319 g/mol. The molecule has 2 rings (SSSR count). The van der Waals surface area contributed by atoms with E-state index < -0.39 is 49.3 Å². The number of hydrogen-bond donors (Lipinski definition) is 1. The standard InChI is InChI=1S/C13H9F4NO2S/c14-9-2-1-3-10(15)8(9)6-21(19,20)13-11(16)4-7(18)5-12(13)17/h1-5H,6,18H2. The van der Waals surface area contributed by atoms with Gasteiger partial charge in [0.25, 0.3) is 0 Å². The van der Waals surface area contributed by atoms with Crippen LogP contribution in [0.3, 0.4) is 0 Å². The maximum absolute atomic E-state index is 13.6. The minimum absolute atomic E-state index is 0.305. The van der Waals surface area contributed by atoms with Gasteiger partial charge in [-0.25, -0.2) is 26.0 Å². The number of nitrogen functional groups attached to an aromatic ring is 1. The summed E-state index contributed by atoms with van der Waals surface area (Å²) in [6.45, 7) is 0. The average Bonchev–Trinajstić information content (AvgIpc) is 2.32. The normalized spacial score (nSPS) is 11.6. The molecule has 0 fully saturated rings. The summed E-state index contributed by atoms with van der Waals surface area (Å²) in [6.07, 6.45) is 0. The lowest BCUT2D eigenvalue weighted by molar-refractivity contribution is 0.516. The van der Waals surface area contributed by atoms with E-state index >= 15 is 0 Å². The largest absolute Gasteiger partial charge is 0.399 e. The summed E-state index contributed by atoms with van der Waals surface area (Å²) in [6, 6.07) is 3.99. The summed E-state index contributed by atoms with van der Waals surface area (Å²) in [4.78, 5) is -1.26. The van der Waals surface area contributed by atoms with E-state index in [9.17, 15) is 26.0 Å². The third-order valence-corrected chi connectivity index (χ3v) is 4.41. The number of hydrogen-bond acceptors (Lipinski definition) is 3. The van der Waals surface area contributed by atoms with Gasteiger partial charge >= 0.3 is 0 Å². The van der Waals surface area contributed by atoms with Gasteiger partial charge in [0.05, 0.1) is 5.75 Å². The molecular weight excluding hydrogens is 310 g/mol. The van der Waals surface area contributed by atoms with Gasteiger partial charge in [0.1, 0.15) is 28.2 Å². The Hall–Kier alpha value is -2.09. The molecule has 0 aliphatic rings. The van der Waals surface area contributed by atoms with E-state index in [4.69, 9.17) is 5.73 Å². The van der Waals surface area contributed by atoms with Crippen molar-refractivity contribution in [3.05, 3.63) is 59.2 Å². The summed E-state index contributed by atoms with van der Waals surface area (Å²) >= 11 is 0. The zero-order chi connectivity index (χ0) is 15.8. The van der Waals surface area contributed by atoms with Gasteiger partial charge in [0.15, 0.2) is 9.84 Å². The van der Waals surface area contributed by atoms with Crippen LogP contribution in [0.2, 0.25) is 0 Å². The quantitative estimate of drug-likeness (QED) is 0.699. The first-order chi connectivity index (χ1) is 9.72. The predicted molar refractivity (Wildman–Crippen MR) is 68.0 cm³/mol. The second-order valence-electron chi connectivity index (χ2n) is 4.27. The van der Waals surface area contributed by atoms with Crippen LogP contribution in [-0.4, -0.2) is 8.42 Å². The Labute approximate surface area is 117 Å². The van der Waals surface area contributed by atoms with Crippen LogP contribution >= 0.6 is 0 Å². The fourth-order valence-electron chi connectivity index (χ4n) is 1.81. The van der Waals surface area contributed by atoms with E-state index in [1.807, 2.05) is 0 Å². The van der Waals surface area contributed by atoms with Crippen LogP contribution in [0.1, 0.15) is 5.56 Å². The van der Waals surface area contributed by atoms with Crippen LogP contribution in [0.5, 0.6) is 0 Å². The third kappa shape index (κ3) is 2.99. The molecule has 0 spiro atoms. The van der Waals surface area contributed by atoms with Crippen molar-refractivity contribution < 1.29 is 26.0 Å². The minimum atomic E-state index is -4.62. The van der Waals surface area contributed by atoms with Crippen molar-refractivity contribution in [2.45, 2.75) is 10.6 Å². The summed E-state index contributed by atoms with van der Waals surface area (Å²) in [5, 5.41) is 0. The highest BCUT2D eigenvalue weighted by Crippen LogP contribution is 2.26. The van der Waals surface area contributed by atoms with Gasteiger partial charge in [-0.1, -0.05) is 6.07 Å². The topological polar surface area (TPSA) is 60.2 Å². The number of halogens is 4. The number of nitrogens with two attached hydrogens (primary N) is 1. The third-order valence-electron chi connectivity index (χ3n) is 2.73. The van der Waals surface area contributed by atoms with Crippen LogP contribution in [-0.2, 0) is 15.6 Å². The first kappa shape index (κ1) is 15.3. The molecule has 0 saturated carbocycles. The van der Waals surface area contributed by atoms with E-state index in [0.717, 1.165) is 18.2 Å². The van der Waals surface area contributed by atoms with Crippen LogP contribution in [0.25, 0.3) is 0 Å². The van der Waals surface area contributed by atoms with Gasteiger partial charge in [0.2, 0.25) is 0 Å². The van der Waals surface area contributed by atoms with Crippen molar-refractivity contribution in [2.24, 2.45) is 0 Å². The Bertz CT molecular complexity index is 763. The Morgan fingerprint density at radius 3 is 1.86 bits per heavy atom. The Morgan fingerprint density at radius 1 is 0.905 bits per heavy atom. The number of sulfone groups is 1. The summed E-state index contributed by atoms with van der Waals surface area (Å²) in [5.41, 5.74) is 4.09. The smallest absolute Gasteiger partial charge is 0.188 e. The van der Waals surface area contributed by atoms with Gasteiger partial charge < -0.3 is 5.73 Å². The molecule has 0 radical (unpaired) electrons. The molecule has 3 nitrogen and oxygen atoms in total. The Morgan fingerprint density at radius 2 is 1.38 bits per heavy atom. The Kier molecular flexibility index (Phi) is 3.91. The lowest BCUT2D eigenvalue weighted by atomic mass is 10.2. The number of benzene rings is 2. The minimum Gasteiger partial charge on any atom is -0.399 e. The highest BCUT2D eigenvalue weighted by atomic mass is 32.2. The SMILES string of the molecule is Nc1cc(F)c(S(=O)(=O)Cc2c(F)cccc2F)c(F)c1. The molecule has 0 aliphatic carbocycles. The van der Waals surface area contributed by atoms with Gasteiger partial charge in [-0.3, -0.25) is 0 Å². The zero-order valence-electron chi connectivity index (χ0n) is 10.4. The predicted octanol–water partition coefficient (Wildman–Crippen LogP) is 2.80. The molecule has 0 heterocycles. The van der Waals surface area contributed by atoms with Crippen LogP contribution < -0.4 is 5.73 Å². The summed E-state index contributed by atoms with van der Waals surface area (Å²) in [7, 11) is -4.62. The molecule has 0 atom stereocenters. The number of rotatable bonds is 3. The second-order valence-corrected chi connectivity index (χ2v) is 6.20. The molecule has 0 aromatic heterocycles. The maximum atomic E-state index is 13.6. The molecule has 0 saturated heterocycles. The molecule has 112 valence electrons. The molecule has 21 heavy (non-hydrogen) atoms. The monoisotopic (exact) mass is 319 g/mol. The van der Waals surface area contributed by atoms with Crippen molar-refractivity contribution >= 4 is 15.5 Å². The Balaban J connectivity index is 2.54. The van der Waals surface area contributed by atoms with Crippen molar-refractivity contribution in [1.82, 2.24) is 0 Å². The maximum Gasteiger partial charge on any atom is 0.188 e. The van der Waals surface area contributed by atoms with Gasteiger partial charge in [-0.15, -0.1) is 0 Å². The van der Waals surface area contributed by atoms with E-state index in [0.29, 0.717) is 12.1 Å². The molecule has 0 aliphatic heterocycles. The van der Waals surface area contributed by atoms with Gasteiger partial charge in [0, 0.05) is 11.3 Å². The van der Waals surface area contributed by atoms with E-state index in [2.05, 4.69) is 0 Å². The first-order valence-corrected chi connectivity index (χ1v) is 7.28. The molecule has 2 aromatic rings. The molecule has 2 N–H and O–H groups in total. The van der Waals surface area contributed by atoms with E-state index in [-0.39, 0.29) is 5.69 Å². The molecule has 0 unspecified atom stereocenters. The van der Waals surface area contributed by atoms with Crippen molar-refractivity contribution in [3.8, 4) is 0 Å². The lowest BCUT2D eigenvalue weighted by Gasteiger charge is -2.09.